The Labute approximate surface area is 144 Å². The van der Waals surface area contributed by atoms with Crippen LogP contribution in [0.2, 0.25) is 0 Å². The van der Waals surface area contributed by atoms with Crippen LogP contribution in [-0.4, -0.2) is 30.8 Å². The lowest BCUT2D eigenvalue weighted by molar-refractivity contribution is 0.0827. The smallest absolute Gasteiger partial charge is 0.291 e. The fourth-order valence-electron chi connectivity index (χ4n) is 2.57. The van der Waals surface area contributed by atoms with Crippen molar-refractivity contribution in [2.24, 2.45) is 0 Å². The molecule has 0 atom stereocenters. The summed E-state index contributed by atoms with van der Waals surface area (Å²) in [6.07, 6.45) is 0. The third kappa shape index (κ3) is 3.10. The third-order valence-corrected chi connectivity index (χ3v) is 3.92. The van der Waals surface area contributed by atoms with Crippen molar-refractivity contribution in [1.29, 1.82) is 0 Å². The Morgan fingerprint density at radius 3 is 2.36 bits per heavy atom. The molecule has 0 saturated carbocycles. The van der Waals surface area contributed by atoms with Crippen LogP contribution >= 0.6 is 0 Å². The number of halogens is 1. The van der Waals surface area contributed by atoms with Crippen LogP contribution in [0.3, 0.4) is 0 Å². The van der Waals surface area contributed by atoms with Gasteiger partial charge in [-0.25, -0.2) is 4.39 Å². The van der Waals surface area contributed by atoms with Crippen LogP contribution in [0.5, 0.6) is 0 Å². The average Bonchev–Trinajstić information content (AvgIpc) is 2.93. The van der Waals surface area contributed by atoms with E-state index in [1.54, 1.807) is 57.4 Å². The fraction of sp³-hybridized carbons (Fsp3) is 0.158. The largest absolute Gasteiger partial charge is 0.448 e. The minimum absolute atomic E-state index is 0.0635. The molecule has 0 bridgehead atoms. The lowest BCUT2D eigenvalue weighted by atomic mass is 10.1. The number of furan rings is 1. The van der Waals surface area contributed by atoms with Gasteiger partial charge in [-0.15, -0.1) is 0 Å². The first-order valence-corrected chi connectivity index (χ1v) is 7.69. The van der Waals surface area contributed by atoms with Crippen LogP contribution in [0.1, 0.15) is 26.5 Å². The molecule has 3 rings (SSSR count). The van der Waals surface area contributed by atoms with Crippen molar-refractivity contribution in [2.45, 2.75) is 6.92 Å². The highest BCUT2D eigenvalue weighted by Gasteiger charge is 2.19. The number of para-hydroxylation sites is 1. The van der Waals surface area contributed by atoms with Crippen molar-refractivity contribution in [3.63, 3.8) is 0 Å². The first kappa shape index (κ1) is 16.7. The molecule has 0 aliphatic carbocycles. The first-order chi connectivity index (χ1) is 11.9. The fourth-order valence-corrected chi connectivity index (χ4v) is 2.57. The zero-order valence-corrected chi connectivity index (χ0v) is 14.1. The van der Waals surface area contributed by atoms with Crippen molar-refractivity contribution in [2.75, 3.05) is 19.4 Å². The number of aryl methyl sites for hydroxylation is 1. The molecule has 0 fully saturated rings. The van der Waals surface area contributed by atoms with Crippen molar-refractivity contribution < 1.29 is 18.4 Å². The number of anilines is 1. The van der Waals surface area contributed by atoms with Crippen LogP contribution in [0.15, 0.2) is 46.9 Å². The van der Waals surface area contributed by atoms with Crippen LogP contribution in [0.4, 0.5) is 10.1 Å². The maximum absolute atomic E-state index is 13.8. The molecular weight excluding hydrogens is 323 g/mol. The second kappa shape index (κ2) is 6.39. The number of benzene rings is 2. The van der Waals surface area contributed by atoms with E-state index < -0.39 is 11.7 Å². The molecule has 6 heteroatoms. The van der Waals surface area contributed by atoms with Crippen LogP contribution in [-0.2, 0) is 0 Å². The quantitative estimate of drug-likeness (QED) is 0.788. The van der Waals surface area contributed by atoms with Crippen molar-refractivity contribution >= 4 is 28.5 Å². The molecule has 1 N–H and O–H groups in total. The summed E-state index contributed by atoms with van der Waals surface area (Å²) in [6.45, 7) is 1.71. The summed E-state index contributed by atoms with van der Waals surface area (Å²) >= 11 is 0. The summed E-state index contributed by atoms with van der Waals surface area (Å²) in [7, 11) is 3.34. The molecule has 5 nitrogen and oxygen atoms in total. The second-order valence-electron chi connectivity index (χ2n) is 5.90. The average molecular weight is 340 g/mol. The van der Waals surface area contributed by atoms with E-state index in [0.29, 0.717) is 22.2 Å². The van der Waals surface area contributed by atoms with Gasteiger partial charge in [0.15, 0.2) is 17.2 Å². The van der Waals surface area contributed by atoms with Gasteiger partial charge in [-0.3, -0.25) is 9.59 Å². The topological polar surface area (TPSA) is 62.6 Å². The predicted molar refractivity (Wildman–Crippen MR) is 93.3 cm³/mol. The van der Waals surface area contributed by atoms with E-state index in [9.17, 15) is 14.0 Å². The number of carbonyl (C=O) groups excluding carboxylic acids is 2. The molecule has 0 spiro atoms. The number of carbonyl (C=O) groups is 2. The normalized spacial score (nSPS) is 10.7. The van der Waals surface area contributed by atoms with Gasteiger partial charge in [0.1, 0.15) is 0 Å². The second-order valence-corrected chi connectivity index (χ2v) is 5.90. The molecule has 0 unspecified atom stereocenters. The summed E-state index contributed by atoms with van der Waals surface area (Å²) in [6, 6.07) is 11.1. The highest BCUT2D eigenvalue weighted by Crippen LogP contribution is 2.27. The Morgan fingerprint density at radius 2 is 1.76 bits per heavy atom. The summed E-state index contributed by atoms with van der Waals surface area (Å²) < 4.78 is 19.2. The molecule has 0 aliphatic rings. The lowest BCUT2D eigenvalue weighted by Gasteiger charge is -2.10. The molecule has 25 heavy (non-hydrogen) atoms. The number of hydrogen-bond acceptors (Lipinski definition) is 3. The Morgan fingerprint density at radius 1 is 1.08 bits per heavy atom. The van der Waals surface area contributed by atoms with Gasteiger partial charge in [-0.05, 0) is 37.3 Å². The molecule has 1 aromatic heterocycles. The minimum atomic E-state index is -0.508. The molecule has 1 heterocycles. The van der Waals surface area contributed by atoms with Gasteiger partial charge < -0.3 is 14.6 Å². The summed E-state index contributed by atoms with van der Waals surface area (Å²) in [5, 5.41) is 3.26. The highest BCUT2D eigenvalue weighted by molar-refractivity contribution is 6.06. The SMILES string of the molecule is Cc1c(C(=O)Nc2ccc(C(=O)N(C)C)cc2)oc2c(F)cccc12. The molecule has 128 valence electrons. The standard InChI is InChI=1S/C19H17FN2O3/c1-11-14-5-4-6-15(20)17(14)25-16(11)18(23)21-13-9-7-12(8-10-13)19(24)22(2)3/h4-10H,1-3H3,(H,21,23). The maximum atomic E-state index is 13.8. The molecule has 0 saturated heterocycles. The van der Waals surface area contributed by atoms with Gasteiger partial charge in [-0.1, -0.05) is 12.1 Å². The predicted octanol–water partition coefficient (Wildman–Crippen LogP) is 3.83. The van der Waals surface area contributed by atoms with Crippen molar-refractivity contribution in [1.82, 2.24) is 4.90 Å². The van der Waals surface area contributed by atoms with E-state index in [1.165, 1.54) is 11.0 Å². The van der Waals surface area contributed by atoms with Gasteiger partial charge in [0, 0.05) is 36.3 Å². The number of hydrogen-bond donors (Lipinski definition) is 1. The summed E-state index contributed by atoms with van der Waals surface area (Å²) in [4.78, 5) is 25.8. The third-order valence-electron chi connectivity index (χ3n) is 3.92. The van der Waals surface area contributed by atoms with Gasteiger partial charge in [0.2, 0.25) is 0 Å². The number of nitrogens with one attached hydrogen (secondary N) is 1. The van der Waals surface area contributed by atoms with E-state index in [0.717, 1.165) is 0 Å². The maximum Gasteiger partial charge on any atom is 0.291 e. The Bertz CT molecular complexity index is 959. The van der Waals surface area contributed by atoms with E-state index in [4.69, 9.17) is 4.42 Å². The van der Waals surface area contributed by atoms with E-state index in [1.807, 2.05) is 0 Å². The molecule has 3 aromatic rings. The highest BCUT2D eigenvalue weighted by atomic mass is 19.1. The zero-order valence-electron chi connectivity index (χ0n) is 14.1. The summed E-state index contributed by atoms with van der Waals surface area (Å²) in [5.41, 5.74) is 1.68. The lowest BCUT2D eigenvalue weighted by Crippen LogP contribution is -2.21. The number of nitrogens with zero attached hydrogens (tertiary/aromatic N) is 1. The van der Waals surface area contributed by atoms with Crippen LogP contribution in [0.25, 0.3) is 11.0 Å². The number of amides is 2. The van der Waals surface area contributed by atoms with E-state index in [-0.39, 0.29) is 17.3 Å². The molecular formula is C19H17FN2O3. The van der Waals surface area contributed by atoms with Crippen molar-refractivity contribution in [3.8, 4) is 0 Å². The minimum Gasteiger partial charge on any atom is -0.448 e. The monoisotopic (exact) mass is 340 g/mol. The zero-order chi connectivity index (χ0) is 18.1. The van der Waals surface area contributed by atoms with E-state index >= 15 is 0 Å². The summed E-state index contributed by atoms with van der Waals surface area (Å²) in [5.74, 6) is -1.04. The molecule has 0 aliphatic heterocycles. The van der Waals surface area contributed by atoms with Crippen LogP contribution in [0, 0.1) is 12.7 Å². The molecule has 2 amide bonds. The molecule has 0 radical (unpaired) electrons. The van der Waals surface area contributed by atoms with Gasteiger partial charge >= 0.3 is 0 Å². The Hall–Kier alpha value is -3.15. The first-order valence-electron chi connectivity index (χ1n) is 7.69. The number of rotatable bonds is 3. The van der Waals surface area contributed by atoms with Crippen LogP contribution < -0.4 is 5.32 Å². The van der Waals surface area contributed by atoms with E-state index in [2.05, 4.69) is 5.32 Å². The molecule has 2 aromatic carbocycles. The number of fused-ring (bicyclic) bond motifs is 1. The van der Waals surface area contributed by atoms with Gasteiger partial charge in [0.25, 0.3) is 11.8 Å². The Balaban J connectivity index is 1.84. The van der Waals surface area contributed by atoms with Crippen molar-refractivity contribution in [3.05, 3.63) is 65.2 Å². The van der Waals surface area contributed by atoms with Gasteiger partial charge in [-0.2, -0.15) is 0 Å². The van der Waals surface area contributed by atoms with Gasteiger partial charge in [0.05, 0.1) is 0 Å². The Kier molecular flexibility index (Phi) is 4.27.